The highest BCUT2D eigenvalue weighted by Crippen LogP contribution is 2.49. The van der Waals surface area contributed by atoms with Gasteiger partial charge in [0.1, 0.15) is 29.8 Å². The summed E-state index contributed by atoms with van der Waals surface area (Å²) in [5.41, 5.74) is 8.18. The number of Topliss-reactive ketones (excluding diaryl/α,β-unsaturated/α-hetero) is 1. The molecule has 2 aliphatic rings. The molecule has 31 heavy (non-hydrogen) atoms. The first-order chi connectivity index (χ1) is 14.8. The quantitative estimate of drug-likeness (QED) is 0.699. The molecule has 0 amide bonds. The highest BCUT2D eigenvalue weighted by Gasteiger charge is 2.43. The Balaban J connectivity index is 1.81. The number of carbonyl (C=O) groups is 1. The lowest BCUT2D eigenvalue weighted by Gasteiger charge is -2.37. The number of rotatable bonds is 4. The number of ketones is 1. The van der Waals surface area contributed by atoms with Gasteiger partial charge >= 0.3 is 0 Å². The fraction of sp³-hybridized carbons (Fsp3) is 0.280. The fourth-order valence-corrected chi connectivity index (χ4v) is 4.39. The van der Waals surface area contributed by atoms with Gasteiger partial charge in [-0.25, -0.2) is 0 Å². The van der Waals surface area contributed by atoms with E-state index in [2.05, 4.69) is 6.07 Å². The summed E-state index contributed by atoms with van der Waals surface area (Å²) < 4.78 is 11.9. The van der Waals surface area contributed by atoms with E-state index in [4.69, 9.17) is 26.8 Å². The van der Waals surface area contributed by atoms with Gasteiger partial charge in [-0.15, -0.1) is 0 Å². The summed E-state index contributed by atoms with van der Waals surface area (Å²) in [4.78, 5) is 13.2. The van der Waals surface area contributed by atoms with Gasteiger partial charge in [0.05, 0.1) is 5.92 Å². The number of benzene rings is 2. The highest BCUT2D eigenvalue weighted by atomic mass is 35.5. The second kappa shape index (κ2) is 8.13. The number of ether oxygens (including phenoxy) is 2. The Kier molecular flexibility index (Phi) is 5.51. The fourth-order valence-electron chi connectivity index (χ4n) is 4.21. The Bertz CT molecular complexity index is 1140. The van der Waals surface area contributed by atoms with Crippen LogP contribution >= 0.6 is 11.6 Å². The van der Waals surface area contributed by atoms with Gasteiger partial charge in [-0.05, 0) is 29.2 Å². The van der Waals surface area contributed by atoms with Gasteiger partial charge in [0.2, 0.25) is 5.88 Å². The Morgan fingerprint density at radius 1 is 1.23 bits per heavy atom. The van der Waals surface area contributed by atoms with Crippen LogP contribution in [0.3, 0.4) is 0 Å². The number of carbonyl (C=O) groups excluding carboxylic acids is 1. The topological polar surface area (TPSA) is 85.3 Å². The number of nitrogens with two attached hydrogens (primary N) is 1. The maximum atomic E-state index is 13.2. The van der Waals surface area contributed by atoms with Crippen LogP contribution in [0.25, 0.3) is 0 Å². The van der Waals surface area contributed by atoms with E-state index < -0.39 is 5.92 Å². The van der Waals surface area contributed by atoms with E-state index in [1.54, 1.807) is 18.2 Å². The number of allylic oxidation sites excluding steroid dienone is 3. The smallest absolute Gasteiger partial charge is 0.205 e. The Morgan fingerprint density at radius 2 is 1.97 bits per heavy atom. The maximum Gasteiger partial charge on any atom is 0.205 e. The molecule has 1 aliphatic carbocycles. The predicted octanol–water partition coefficient (Wildman–Crippen LogP) is 5.37. The first-order valence-electron chi connectivity index (χ1n) is 10.1. The molecular formula is C25H23ClN2O3. The van der Waals surface area contributed by atoms with Gasteiger partial charge in [0.25, 0.3) is 0 Å². The van der Waals surface area contributed by atoms with Crippen LogP contribution in [0, 0.1) is 16.7 Å². The van der Waals surface area contributed by atoms with E-state index in [1.165, 1.54) is 0 Å². The minimum Gasteiger partial charge on any atom is -0.489 e. The summed E-state index contributed by atoms with van der Waals surface area (Å²) in [6, 6.07) is 17.1. The van der Waals surface area contributed by atoms with Crippen LogP contribution in [-0.4, -0.2) is 5.78 Å². The van der Waals surface area contributed by atoms with Gasteiger partial charge in [-0.2, -0.15) is 5.26 Å². The molecule has 2 N–H and O–H groups in total. The van der Waals surface area contributed by atoms with Gasteiger partial charge in [-0.1, -0.05) is 55.8 Å². The molecule has 2 aromatic rings. The zero-order valence-electron chi connectivity index (χ0n) is 17.4. The van der Waals surface area contributed by atoms with E-state index in [0.717, 1.165) is 5.56 Å². The van der Waals surface area contributed by atoms with Gasteiger partial charge < -0.3 is 15.2 Å². The van der Waals surface area contributed by atoms with Crippen LogP contribution in [0.5, 0.6) is 5.75 Å². The van der Waals surface area contributed by atoms with Crippen molar-refractivity contribution < 1.29 is 14.3 Å². The first-order valence-corrected chi connectivity index (χ1v) is 10.5. The third kappa shape index (κ3) is 4.17. The number of hydrogen-bond acceptors (Lipinski definition) is 5. The minimum absolute atomic E-state index is 0.0192. The molecule has 1 heterocycles. The number of nitrogens with zero attached hydrogens (tertiary/aromatic N) is 1. The van der Waals surface area contributed by atoms with E-state index in [9.17, 15) is 10.1 Å². The predicted molar refractivity (Wildman–Crippen MR) is 118 cm³/mol. The zero-order chi connectivity index (χ0) is 22.2. The highest BCUT2D eigenvalue weighted by molar-refractivity contribution is 6.30. The molecular weight excluding hydrogens is 412 g/mol. The van der Waals surface area contributed by atoms with Crippen LogP contribution in [0.15, 0.2) is 71.3 Å². The largest absolute Gasteiger partial charge is 0.489 e. The van der Waals surface area contributed by atoms with Gasteiger partial charge in [0, 0.05) is 29.0 Å². The summed E-state index contributed by atoms with van der Waals surface area (Å²) in [6.07, 6.45) is 0.926. The SMILES string of the molecule is CC1(C)CC(=O)C2=C(C1)OC(N)=C(C#N)[C@H]2c1cc(Cl)ccc1OCc1ccccc1. The molecule has 158 valence electrons. The van der Waals surface area contributed by atoms with Crippen molar-refractivity contribution in [2.24, 2.45) is 11.1 Å². The first kappa shape index (κ1) is 21.0. The molecule has 0 fully saturated rings. The van der Waals surface area contributed by atoms with Gasteiger partial charge in [0.15, 0.2) is 5.78 Å². The van der Waals surface area contributed by atoms with E-state index in [0.29, 0.717) is 47.1 Å². The molecule has 0 radical (unpaired) electrons. The van der Waals surface area contributed by atoms with E-state index in [1.807, 2.05) is 44.2 Å². The van der Waals surface area contributed by atoms with Crippen LogP contribution in [0.4, 0.5) is 0 Å². The molecule has 1 atom stereocenters. The lowest BCUT2D eigenvalue weighted by molar-refractivity contribution is -0.119. The molecule has 0 bridgehead atoms. The minimum atomic E-state index is -0.679. The van der Waals surface area contributed by atoms with Gasteiger partial charge in [-0.3, -0.25) is 4.79 Å². The monoisotopic (exact) mass is 434 g/mol. The molecule has 0 unspecified atom stereocenters. The number of hydrogen-bond donors (Lipinski definition) is 1. The van der Waals surface area contributed by atoms with Crippen molar-refractivity contribution in [1.82, 2.24) is 0 Å². The molecule has 1 aliphatic heterocycles. The van der Waals surface area contributed by atoms with Crippen molar-refractivity contribution >= 4 is 17.4 Å². The average Bonchev–Trinajstić information content (AvgIpc) is 2.71. The standard InChI is InChI=1S/C25H23ClN2O3/c1-25(2)11-19(29)23-21(12-25)31-24(28)18(13-27)22(23)17-10-16(26)8-9-20(17)30-14-15-6-4-3-5-7-15/h3-10,22H,11-12,14,28H2,1-2H3/t22-/m1/s1. The maximum absolute atomic E-state index is 13.2. The zero-order valence-corrected chi connectivity index (χ0v) is 18.2. The average molecular weight is 435 g/mol. The molecule has 0 aromatic heterocycles. The summed E-state index contributed by atoms with van der Waals surface area (Å²) in [5, 5.41) is 10.3. The van der Waals surface area contributed by atoms with E-state index >= 15 is 0 Å². The molecule has 4 rings (SSSR count). The normalized spacial score (nSPS) is 20.1. The Labute approximate surface area is 186 Å². The van der Waals surface area contributed by atoms with Crippen molar-refractivity contribution in [3.8, 4) is 11.8 Å². The third-order valence-electron chi connectivity index (χ3n) is 5.60. The molecule has 5 nitrogen and oxygen atoms in total. The summed E-state index contributed by atoms with van der Waals surface area (Å²) in [7, 11) is 0. The Hall–Kier alpha value is -3.23. The van der Waals surface area contributed by atoms with Crippen LogP contribution < -0.4 is 10.5 Å². The Morgan fingerprint density at radius 3 is 2.68 bits per heavy atom. The van der Waals surface area contributed by atoms with E-state index in [-0.39, 0.29) is 22.7 Å². The summed E-state index contributed by atoms with van der Waals surface area (Å²) >= 11 is 6.32. The van der Waals surface area contributed by atoms with Crippen LogP contribution in [0.1, 0.15) is 43.7 Å². The lowest BCUT2D eigenvalue weighted by Crippen LogP contribution is -2.33. The molecule has 0 saturated carbocycles. The molecule has 0 saturated heterocycles. The summed E-state index contributed by atoms with van der Waals surface area (Å²) in [6.45, 7) is 4.37. The van der Waals surface area contributed by atoms with Crippen LogP contribution in [-0.2, 0) is 16.1 Å². The molecule has 0 spiro atoms. The lowest BCUT2D eigenvalue weighted by atomic mass is 9.70. The van der Waals surface area contributed by atoms with Crippen LogP contribution in [0.2, 0.25) is 5.02 Å². The molecule has 2 aromatic carbocycles. The second-order valence-corrected chi connectivity index (χ2v) is 9.10. The number of nitriles is 1. The number of halogens is 1. The molecule has 6 heteroatoms. The summed E-state index contributed by atoms with van der Waals surface area (Å²) in [5.74, 6) is 0.361. The van der Waals surface area contributed by atoms with Crippen molar-refractivity contribution in [2.45, 2.75) is 39.2 Å². The third-order valence-corrected chi connectivity index (χ3v) is 5.83. The van der Waals surface area contributed by atoms with Crippen molar-refractivity contribution in [3.05, 3.63) is 87.5 Å². The van der Waals surface area contributed by atoms with Crippen molar-refractivity contribution in [2.75, 3.05) is 0 Å². The second-order valence-electron chi connectivity index (χ2n) is 8.66. The van der Waals surface area contributed by atoms with Crippen molar-refractivity contribution in [3.63, 3.8) is 0 Å². The van der Waals surface area contributed by atoms with Crippen molar-refractivity contribution in [1.29, 1.82) is 5.26 Å².